The number of halogens is 1. The highest BCUT2D eigenvalue weighted by molar-refractivity contribution is 9.10. The maximum absolute atomic E-state index is 11.6. The summed E-state index contributed by atoms with van der Waals surface area (Å²) < 4.78 is 1.09. The van der Waals surface area contributed by atoms with E-state index in [0.717, 1.165) is 23.7 Å². The molecule has 1 aliphatic rings. The summed E-state index contributed by atoms with van der Waals surface area (Å²) in [5, 5.41) is 0. The Hall–Kier alpha value is -0.870. The first kappa shape index (κ1) is 12.6. The normalized spacial score (nSPS) is 23.6. The van der Waals surface area contributed by atoms with Gasteiger partial charge in [-0.1, -0.05) is 28.1 Å². The predicted octanol–water partition coefficient (Wildman–Crippen LogP) is 3.01. The van der Waals surface area contributed by atoms with Gasteiger partial charge in [-0.05, 0) is 42.9 Å². The third kappa shape index (κ3) is 3.07. The van der Waals surface area contributed by atoms with E-state index in [2.05, 4.69) is 45.7 Å². The van der Waals surface area contributed by atoms with Crippen molar-refractivity contribution in [1.82, 2.24) is 5.48 Å². The van der Waals surface area contributed by atoms with Crippen molar-refractivity contribution in [3.05, 3.63) is 34.3 Å². The van der Waals surface area contributed by atoms with Gasteiger partial charge in [-0.3, -0.25) is 4.79 Å². The summed E-state index contributed by atoms with van der Waals surface area (Å²) in [7, 11) is 1.61. The fraction of sp³-hybridized carbons (Fsp3) is 0.462. The zero-order valence-electron chi connectivity index (χ0n) is 9.78. The smallest absolute Gasteiger partial charge is 0.327 e. The van der Waals surface area contributed by atoms with Crippen LogP contribution in [0.15, 0.2) is 28.7 Å². The molecule has 0 radical (unpaired) electrons. The van der Waals surface area contributed by atoms with Crippen molar-refractivity contribution in [2.75, 3.05) is 7.05 Å². The third-order valence-corrected chi connectivity index (χ3v) is 3.84. The van der Waals surface area contributed by atoms with Crippen LogP contribution in [0, 0.1) is 5.92 Å². The third-order valence-electron chi connectivity index (χ3n) is 3.31. The average Bonchev–Trinajstić information content (AvgIpc) is 2.80. The number of benzene rings is 1. The van der Waals surface area contributed by atoms with E-state index in [4.69, 9.17) is 4.84 Å². The topological polar surface area (TPSA) is 38.3 Å². The minimum atomic E-state index is -0.132. The van der Waals surface area contributed by atoms with Gasteiger partial charge in [-0.25, -0.2) is 0 Å². The van der Waals surface area contributed by atoms with E-state index in [-0.39, 0.29) is 11.9 Å². The Kier molecular flexibility index (Phi) is 4.18. The Morgan fingerprint density at radius 2 is 2.06 bits per heavy atom. The standard InChI is InChI=1S/C13H16BrNO2/c1-15-17-13(16)11-3-2-10(8-11)9-4-6-12(14)7-5-9/h4-7,10-11,15H,2-3,8H2,1H3/t10-,11?/m1/s1. The summed E-state index contributed by atoms with van der Waals surface area (Å²) in [5.41, 5.74) is 3.76. The Morgan fingerprint density at radius 1 is 1.35 bits per heavy atom. The van der Waals surface area contributed by atoms with Crippen LogP contribution in [-0.2, 0) is 9.63 Å². The van der Waals surface area contributed by atoms with Crippen LogP contribution in [0.2, 0.25) is 0 Å². The van der Waals surface area contributed by atoms with Crippen LogP contribution in [-0.4, -0.2) is 13.0 Å². The molecular weight excluding hydrogens is 282 g/mol. The highest BCUT2D eigenvalue weighted by Gasteiger charge is 2.31. The lowest BCUT2D eigenvalue weighted by atomic mass is 9.96. The molecule has 1 saturated carbocycles. The Balaban J connectivity index is 1.98. The zero-order valence-corrected chi connectivity index (χ0v) is 11.4. The molecule has 0 saturated heterocycles. The molecule has 2 atom stereocenters. The second-order valence-corrected chi connectivity index (χ2v) is 5.30. The number of hydrogen-bond acceptors (Lipinski definition) is 3. The molecule has 92 valence electrons. The average molecular weight is 298 g/mol. The molecule has 1 fully saturated rings. The lowest BCUT2D eigenvalue weighted by Gasteiger charge is -2.11. The van der Waals surface area contributed by atoms with Crippen LogP contribution in [0.5, 0.6) is 0 Å². The van der Waals surface area contributed by atoms with Crippen LogP contribution in [0.3, 0.4) is 0 Å². The van der Waals surface area contributed by atoms with Crippen molar-refractivity contribution in [2.24, 2.45) is 5.92 Å². The van der Waals surface area contributed by atoms with E-state index in [1.165, 1.54) is 5.56 Å². The molecule has 0 heterocycles. The molecule has 2 rings (SSSR count). The molecule has 0 aliphatic heterocycles. The van der Waals surface area contributed by atoms with Crippen LogP contribution < -0.4 is 5.48 Å². The van der Waals surface area contributed by atoms with Gasteiger partial charge in [-0.2, -0.15) is 5.48 Å². The molecule has 3 nitrogen and oxygen atoms in total. The second kappa shape index (κ2) is 5.65. The predicted molar refractivity (Wildman–Crippen MR) is 69.4 cm³/mol. The van der Waals surface area contributed by atoms with Gasteiger partial charge in [0, 0.05) is 11.5 Å². The molecule has 1 unspecified atom stereocenters. The van der Waals surface area contributed by atoms with E-state index in [9.17, 15) is 4.79 Å². The lowest BCUT2D eigenvalue weighted by molar-refractivity contribution is -0.154. The van der Waals surface area contributed by atoms with Crippen LogP contribution >= 0.6 is 15.9 Å². The highest BCUT2D eigenvalue weighted by Crippen LogP contribution is 2.38. The molecule has 1 N–H and O–H groups in total. The van der Waals surface area contributed by atoms with Crippen LogP contribution in [0.25, 0.3) is 0 Å². The molecule has 17 heavy (non-hydrogen) atoms. The first-order chi connectivity index (χ1) is 8.20. The summed E-state index contributed by atoms with van der Waals surface area (Å²) in [6.07, 6.45) is 2.87. The number of hydrogen-bond donors (Lipinski definition) is 1. The summed E-state index contributed by atoms with van der Waals surface area (Å²) >= 11 is 3.43. The largest absolute Gasteiger partial charge is 0.371 e. The van der Waals surface area contributed by atoms with Gasteiger partial charge in [-0.15, -0.1) is 0 Å². The SMILES string of the molecule is CNOC(=O)C1CC[C@@H](c2ccc(Br)cc2)C1. The van der Waals surface area contributed by atoms with Crippen LogP contribution in [0.4, 0.5) is 0 Å². The summed E-state index contributed by atoms with van der Waals surface area (Å²) in [4.78, 5) is 16.4. The molecule has 1 aliphatic carbocycles. The molecule has 4 heteroatoms. The van der Waals surface area contributed by atoms with E-state index >= 15 is 0 Å². The van der Waals surface area contributed by atoms with Crippen molar-refractivity contribution >= 4 is 21.9 Å². The van der Waals surface area contributed by atoms with Gasteiger partial charge < -0.3 is 4.84 Å². The number of rotatable bonds is 3. The Morgan fingerprint density at radius 3 is 2.71 bits per heavy atom. The van der Waals surface area contributed by atoms with E-state index in [0.29, 0.717) is 5.92 Å². The molecule has 0 aromatic heterocycles. The molecule has 0 spiro atoms. The quantitative estimate of drug-likeness (QED) is 0.872. The number of hydroxylamine groups is 1. The van der Waals surface area contributed by atoms with E-state index < -0.39 is 0 Å². The Labute approximate surface area is 110 Å². The summed E-state index contributed by atoms with van der Waals surface area (Å²) in [6, 6.07) is 8.35. The highest BCUT2D eigenvalue weighted by atomic mass is 79.9. The maximum atomic E-state index is 11.6. The second-order valence-electron chi connectivity index (χ2n) is 4.38. The first-order valence-electron chi connectivity index (χ1n) is 5.83. The van der Waals surface area contributed by atoms with Crippen molar-refractivity contribution in [3.8, 4) is 0 Å². The van der Waals surface area contributed by atoms with E-state index in [1.54, 1.807) is 7.05 Å². The lowest BCUT2D eigenvalue weighted by Crippen LogP contribution is -2.21. The molecular formula is C13H16BrNO2. The van der Waals surface area contributed by atoms with Crippen LogP contribution in [0.1, 0.15) is 30.7 Å². The van der Waals surface area contributed by atoms with Gasteiger partial charge in [0.1, 0.15) is 0 Å². The number of carbonyl (C=O) groups excluding carboxylic acids is 1. The summed E-state index contributed by atoms with van der Waals surface area (Å²) in [5.74, 6) is 0.390. The van der Waals surface area contributed by atoms with Crippen molar-refractivity contribution < 1.29 is 9.63 Å². The minimum Gasteiger partial charge on any atom is -0.371 e. The van der Waals surface area contributed by atoms with Gasteiger partial charge >= 0.3 is 5.97 Å². The minimum absolute atomic E-state index is 0.0381. The molecule has 0 bridgehead atoms. The van der Waals surface area contributed by atoms with Crippen molar-refractivity contribution in [1.29, 1.82) is 0 Å². The fourth-order valence-electron chi connectivity index (χ4n) is 2.42. The number of carbonyl (C=O) groups is 1. The summed E-state index contributed by atoms with van der Waals surface area (Å²) in [6.45, 7) is 0. The molecule has 1 aromatic rings. The van der Waals surface area contributed by atoms with Gasteiger partial charge in [0.05, 0.1) is 5.92 Å². The van der Waals surface area contributed by atoms with Gasteiger partial charge in [0.25, 0.3) is 0 Å². The number of nitrogens with one attached hydrogen (secondary N) is 1. The first-order valence-corrected chi connectivity index (χ1v) is 6.63. The van der Waals surface area contributed by atoms with Gasteiger partial charge in [0.2, 0.25) is 0 Å². The fourth-order valence-corrected chi connectivity index (χ4v) is 2.68. The Bertz CT molecular complexity index is 391. The zero-order chi connectivity index (χ0) is 12.3. The van der Waals surface area contributed by atoms with Crippen molar-refractivity contribution in [3.63, 3.8) is 0 Å². The van der Waals surface area contributed by atoms with Gasteiger partial charge in [0.15, 0.2) is 0 Å². The molecule has 1 aromatic carbocycles. The molecule has 0 amide bonds. The maximum Gasteiger partial charge on any atom is 0.327 e. The monoisotopic (exact) mass is 297 g/mol. The van der Waals surface area contributed by atoms with E-state index in [1.807, 2.05) is 0 Å². The van der Waals surface area contributed by atoms with Crippen molar-refractivity contribution in [2.45, 2.75) is 25.2 Å².